The van der Waals surface area contributed by atoms with Gasteiger partial charge in [-0.3, -0.25) is 9.59 Å². The van der Waals surface area contributed by atoms with Crippen molar-refractivity contribution in [1.82, 2.24) is 4.90 Å². The van der Waals surface area contributed by atoms with Gasteiger partial charge in [-0.2, -0.15) is 26.3 Å². The van der Waals surface area contributed by atoms with Crippen molar-refractivity contribution < 1.29 is 62.6 Å². The predicted molar refractivity (Wildman–Crippen MR) is 138 cm³/mol. The molecule has 0 spiro atoms. The van der Waals surface area contributed by atoms with Crippen LogP contribution in [0, 0.1) is 22.5 Å². The van der Waals surface area contributed by atoms with Crippen LogP contribution in [0.5, 0.6) is 0 Å². The molecule has 246 valence electrons. The van der Waals surface area contributed by atoms with E-state index in [-0.39, 0.29) is 57.2 Å². The fourth-order valence-corrected chi connectivity index (χ4v) is 9.18. The molecule has 16 heteroatoms. The molecule has 1 atom stereocenters. The molecule has 3 aliphatic carbocycles. The van der Waals surface area contributed by atoms with Gasteiger partial charge in [-0.1, -0.05) is 12.1 Å². The molecule has 1 unspecified atom stereocenters. The van der Waals surface area contributed by atoms with Crippen molar-refractivity contribution >= 4 is 21.7 Å². The number of hydrogen-bond acceptors (Lipinski definition) is 4. The van der Waals surface area contributed by atoms with Crippen LogP contribution in [0.4, 0.5) is 39.5 Å². The zero-order chi connectivity index (χ0) is 33.4. The molecule has 2 aromatic carbocycles. The van der Waals surface area contributed by atoms with Gasteiger partial charge in [-0.05, 0) is 80.8 Å². The molecule has 0 aromatic heterocycles. The molecule has 45 heavy (non-hydrogen) atoms. The summed E-state index contributed by atoms with van der Waals surface area (Å²) in [6.45, 7) is -0.970. The Morgan fingerprint density at radius 1 is 0.756 bits per heavy atom. The number of carbonyl (C=O) groups excluding carboxylic acids is 1. The molecule has 2 bridgehead atoms. The van der Waals surface area contributed by atoms with E-state index in [0.717, 1.165) is 29.2 Å². The third kappa shape index (κ3) is 4.80. The van der Waals surface area contributed by atoms with Crippen molar-refractivity contribution in [2.75, 3.05) is 13.1 Å². The summed E-state index contributed by atoms with van der Waals surface area (Å²) in [7, 11) is -4.77. The predicted octanol–water partition coefficient (Wildman–Crippen LogP) is 6.58. The number of rotatable bonds is 6. The average molecular weight is 672 g/mol. The number of carboxylic acids is 1. The highest BCUT2D eigenvalue weighted by molar-refractivity contribution is 7.92. The number of hydrogen-bond donors (Lipinski definition) is 1. The molecule has 3 saturated carbocycles. The van der Waals surface area contributed by atoms with E-state index in [1.165, 1.54) is 0 Å². The molecule has 6 nitrogen and oxygen atoms in total. The fraction of sp³-hybridized carbons (Fsp3) is 0.517. The van der Waals surface area contributed by atoms with Crippen LogP contribution in [-0.4, -0.2) is 55.7 Å². The second kappa shape index (κ2) is 10.4. The number of amides is 1. The molecule has 6 rings (SSSR count). The molecule has 4 fully saturated rings. The van der Waals surface area contributed by atoms with Gasteiger partial charge < -0.3 is 10.0 Å². The monoisotopic (exact) mass is 671 g/mol. The number of halogens is 9. The van der Waals surface area contributed by atoms with Crippen molar-refractivity contribution in [3.05, 3.63) is 65.2 Å². The molecular formula is C29H26F9NO5S. The van der Waals surface area contributed by atoms with Gasteiger partial charge in [0.1, 0.15) is 16.4 Å². The van der Waals surface area contributed by atoms with Crippen LogP contribution in [0.3, 0.4) is 0 Å². The summed E-state index contributed by atoms with van der Waals surface area (Å²) in [4.78, 5) is 26.4. The van der Waals surface area contributed by atoms with Crippen LogP contribution in [-0.2, 0) is 29.8 Å². The number of likely N-dealkylation sites (tertiary alicyclic amines) is 1. The molecule has 2 aromatic rings. The van der Waals surface area contributed by atoms with E-state index in [9.17, 15) is 58.2 Å². The van der Waals surface area contributed by atoms with E-state index in [4.69, 9.17) is 0 Å². The number of sulfone groups is 1. The molecule has 1 heterocycles. The van der Waals surface area contributed by atoms with Gasteiger partial charge in [0.05, 0.1) is 10.3 Å². The molecule has 1 aliphatic heterocycles. The summed E-state index contributed by atoms with van der Waals surface area (Å²) in [6.07, 6.45) is -12.5. The standard InChI is InChI=1S/C29H26F9NO5S/c30-18-2-4-19(5-3-18)45(43,44)26(17-1-6-20(21(31)15-17)27(32,28(33,34)35)29(36,37)38)13-14-39(16-26)22(40)24-7-10-25(11-8-24,12-9-24)23(41)42/h1-6,15H,7-14,16H2,(H,41,42). The summed E-state index contributed by atoms with van der Waals surface area (Å²) in [5, 5.41) is 9.67. The largest absolute Gasteiger partial charge is 0.481 e. The summed E-state index contributed by atoms with van der Waals surface area (Å²) in [6, 6.07) is 3.78. The van der Waals surface area contributed by atoms with Gasteiger partial charge >= 0.3 is 24.0 Å². The number of nitrogens with zero attached hydrogens (tertiary/aromatic N) is 1. The highest BCUT2D eigenvalue weighted by atomic mass is 32.2. The maximum Gasteiger partial charge on any atom is 0.436 e. The summed E-state index contributed by atoms with van der Waals surface area (Å²) < 4.78 is 150. The molecule has 1 N–H and O–H groups in total. The lowest BCUT2D eigenvalue weighted by Gasteiger charge is -2.51. The molecular weight excluding hydrogens is 645 g/mol. The minimum absolute atomic E-state index is 0.0942. The number of carbonyl (C=O) groups is 2. The second-order valence-corrected chi connectivity index (χ2v) is 14.4. The Hall–Kier alpha value is -3.30. The van der Waals surface area contributed by atoms with E-state index in [1.807, 2.05) is 0 Å². The van der Waals surface area contributed by atoms with Gasteiger partial charge in [-0.25, -0.2) is 21.6 Å². The van der Waals surface area contributed by atoms with Crippen molar-refractivity contribution in [3.8, 4) is 0 Å². The minimum atomic E-state index is -6.63. The SMILES string of the molecule is O=C(O)C12CCC(C(=O)N3CCC(c4ccc(C(F)(C(F)(F)F)C(F)(F)F)c(F)c4)(S(=O)(=O)c4ccc(F)cc4)C3)(CC1)CC2. The lowest BCUT2D eigenvalue weighted by molar-refractivity contribution is -0.349. The van der Waals surface area contributed by atoms with Crippen molar-refractivity contribution in [2.24, 2.45) is 10.8 Å². The third-order valence-electron chi connectivity index (χ3n) is 9.96. The first-order valence-corrected chi connectivity index (χ1v) is 15.3. The van der Waals surface area contributed by atoms with Crippen LogP contribution in [0.1, 0.15) is 56.1 Å². The highest BCUT2D eigenvalue weighted by Gasteiger charge is 2.74. The van der Waals surface area contributed by atoms with E-state index in [1.54, 1.807) is 0 Å². The topological polar surface area (TPSA) is 91.8 Å². The van der Waals surface area contributed by atoms with Crippen LogP contribution < -0.4 is 0 Å². The lowest BCUT2D eigenvalue weighted by Crippen LogP contribution is -2.53. The van der Waals surface area contributed by atoms with Crippen LogP contribution in [0.2, 0.25) is 0 Å². The van der Waals surface area contributed by atoms with Crippen LogP contribution in [0.15, 0.2) is 47.4 Å². The average Bonchev–Trinajstić information content (AvgIpc) is 3.44. The molecule has 1 amide bonds. The van der Waals surface area contributed by atoms with E-state index in [2.05, 4.69) is 0 Å². The first-order chi connectivity index (χ1) is 20.7. The summed E-state index contributed by atoms with van der Waals surface area (Å²) in [5.41, 5.74) is -11.2. The zero-order valence-corrected chi connectivity index (χ0v) is 24.1. The van der Waals surface area contributed by atoms with Crippen LogP contribution in [0.25, 0.3) is 0 Å². The molecule has 1 saturated heterocycles. The lowest BCUT2D eigenvalue weighted by atomic mass is 9.53. The van der Waals surface area contributed by atoms with Crippen molar-refractivity contribution in [3.63, 3.8) is 0 Å². The Labute approximate surface area is 251 Å². The van der Waals surface area contributed by atoms with E-state index >= 15 is 4.39 Å². The van der Waals surface area contributed by atoms with Gasteiger partial charge in [0.15, 0.2) is 9.84 Å². The van der Waals surface area contributed by atoms with Crippen molar-refractivity contribution in [1.29, 1.82) is 0 Å². The number of aliphatic carboxylic acids is 1. The Morgan fingerprint density at radius 3 is 1.73 bits per heavy atom. The Kier molecular flexibility index (Phi) is 7.61. The number of alkyl halides is 7. The Balaban J connectivity index is 1.58. The Morgan fingerprint density at radius 2 is 1.27 bits per heavy atom. The summed E-state index contributed by atoms with van der Waals surface area (Å²) >= 11 is 0. The smallest absolute Gasteiger partial charge is 0.436 e. The van der Waals surface area contributed by atoms with Gasteiger partial charge in [-0.15, -0.1) is 0 Å². The van der Waals surface area contributed by atoms with Crippen molar-refractivity contribution in [2.45, 2.75) is 72.6 Å². The maximum atomic E-state index is 15.2. The second-order valence-electron chi connectivity index (χ2n) is 12.1. The number of benzene rings is 2. The quantitative estimate of drug-likeness (QED) is 0.277. The fourth-order valence-electron chi connectivity index (χ4n) is 7.11. The molecule has 0 radical (unpaired) electrons. The van der Waals surface area contributed by atoms with Gasteiger partial charge in [0.25, 0.3) is 0 Å². The number of carboxylic acid groups (broad SMARTS) is 1. The highest BCUT2D eigenvalue weighted by Crippen LogP contribution is 2.59. The zero-order valence-electron chi connectivity index (χ0n) is 23.2. The summed E-state index contributed by atoms with van der Waals surface area (Å²) in [5.74, 6) is -4.63. The molecule has 4 aliphatic rings. The van der Waals surface area contributed by atoms with E-state index in [0.29, 0.717) is 6.07 Å². The third-order valence-corrected chi connectivity index (χ3v) is 12.4. The minimum Gasteiger partial charge on any atom is -0.481 e. The Bertz CT molecular complexity index is 1600. The van der Waals surface area contributed by atoms with E-state index < -0.39 is 95.9 Å². The van der Waals surface area contributed by atoms with Gasteiger partial charge in [0, 0.05) is 24.1 Å². The first-order valence-electron chi connectivity index (χ1n) is 13.8. The maximum absolute atomic E-state index is 15.2. The normalized spacial score (nSPS) is 27.5. The number of fused-ring (bicyclic) bond motifs is 3. The first kappa shape index (κ1) is 33.1. The van der Waals surface area contributed by atoms with Gasteiger partial charge in [0.2, 0.25) is 5.91 Å². The van der Waals surface area contributed by atoms with Crippen LogP contribution >= 0.6 is 0 Å².